The average molecular weight is 158 g/mol. The zero-order chi connectivity index (χ0) is 6.99. The smallest absolute Gasteiger partial charge is 0.214 e. The minimum absolute atomic E-state index is 0.306. The Morgan fingerprint density at radius 2 is 2.00 bits per heavy atom. The van der Waals surface area contributed by atoms with Gasteiger partial charge >= 0.3 is 44.3 Å². The van der Waals surface area contributed by atoms with Crippen LogP contribution in [0.3, 0.4) is 0 Å². The van der Waals surface area contributed by atoms with E-state index in [0.717, 1.165) is 0 Å². The van der Waals surface area contributed by atoms with Gasteiger partial charge in [-0.3, -0.25) is 0 Å². The first kappa shape index (κ1) is 11.7. The molecule has 0 aliphatic carbocycles. The van der Waals surface area contributed by atoms with E-state index in [9.17, 15) is 0 Å². The Bertz CT molecular complexity index is 74.1. The summed E-state index contributed by atoms with van der Waals surface area (Å²) in [6.45, 7) is 2.03. The maximum atomic E-state index is 7.65. The summed E-state index contributed by atoms with van der Waals surface area (Å²) in [4.78, 5) is 0. The predicted molar refractivity (Wildman–Crippen MR) is 44.8 cm³/mol. The van der Waals surface area contributed by atoms with E-state index >= 15 is 0 Å². The Balaban J connectivity index is 0. The number of hydrogen-bond donors (Lipinski definition) is 2. The molecule has 0 bridgehead atoms. The molecule has 0 aliphatic rings. The van der Waals surface area contributed by atoms with E-state index in [4.69, 9.17) is 5.11 Å². The molecular formula is C4H7NaOS2. The maximum Gasteiger partial charge on any atom is 0.214 e. The first-order valence-electron chi connectivity index (χ1n) is 2.14. The molecular weight excluding hydrogens is 151 g/mol. The Morgan fingerprint density at radius 1 is 1.88 bits per heavy atom. The molecule has 0 spiro atoms. The third kappa shape index (κ3) is 63.7. The molecule has 0 aromatic rings. The molecule has 0 saturated heterocycles. The Hall–Kier alpha value is 0.980. The molecule has 0 rings (SSSR count). The summed E-state index contributed by atoms with van der Waals surface area (Å²) in [6, 6.07) is 0. The standard InChI is InChI=1S/C3H5.CH2OS2.Na/c1-3-2;2-1(3)4;/h1,3H,2H3;(H2,2,3,4);. The Morgan fingerprint density at radius 3 is 2.00 bits per heavy atom. The molecule has 4 heteroatoms. The fraction of sp³-hybridized carbons (Fsp3) is 0.250. The fourth-order valence-corrected chi connectivity index (χ4v) is 0. The van der Waals surface area contributed by atoms with Crippen molar-refractivity contribution in [2.45, 2.75) is 6.92 Å². The Kier molecular flexibility index (Phi) is 16.0. The summed E-state index contributed by atoms with van der Waals surface area (Å²) in [5, 5.41) is 7.65. The Labute approximate surface area is 78.0 Å². The van der Waals surface area contributed by atoms with Crippen LogP contribution in [-0.4, -0.2) is 37.4 Å². The second kappa shape index (κ2) is 10.9. The van der Waals surface area contributed by atoms with Crippen molar-refractivity contribution in [3.63, 3.8) is 0 Å². The van der Waals surface area contributed by atoms with Crippen LogP contribution in [0.15, 0.2) is 9.40 Å². The van der Waals surface area contributed by atoms with Crippen LogP contribution in [-0.2, 0) is 0 Å². The van der Waals surface area contributed by atoms with Gasteiger partial charge in [0, 0.05) is 0 Å². The van der Waals surface area contributed by atoms with Crippen LogP contribution in [0.2, 0.25) is 0 Å². The van der Waals surface area contributed by atoms with Gasteiger partial charge in [0.2, 0.25) is 4.38 Å². The van der Waals surface area contributed by atoms with Crippen molar-refractivity contribution >= 4 is 57.2 Å². The van der Waals surface area contributed by atoms with Crippen LogP contribution in [0.4, 0.5) is 0 Å². The largest absolute Gasteiger partial charge is 0.494 e. The molecule has 42 valence electrons. The third-order valence-electron chi connectivity index (χ3n) is 0.333. The van der Waals surface area contributed by atoms with E-state index in [0.29, 0.717) is 0 Å². The number of rotatable bonds is 0. The van der Waals surface area contributed by atoms with Gasteiger partial charge in [-0.2, -0.15) is 0 Å². The molecule has 0 unspecified atom stereocenters. The summed E-state index contributed by atoms with van der Waals surface area (Å²) >= 11 is 8.42. The summed E-state index contributed by atoms with van der Waals surface area (Å²) in [7, 11) is 0. The van der Waals surface area contributed by atoms with Crippen molar-refractivity contribution in [2.75, 3.05) is 0 Å². The van der Waals surface area contributed by atoms with Crippen molar-refractivity contribution in [3.8, 4) is 0 Å². The fourth-order valence-electron chi connectivity index (χ4n) is 0. The van der Waals surface area contributed by atoms with Crippen LogP contribution in [0, 0.1) is 0 Å². The minimum atomic E-state index is -0.306. The van der Waals surface area contributed by atoms with Crippen molar-refractivity contribution in [3.05, 3.63) is 9.40 Å². The molecule has 0 aromatic carbocycles. The van der Waals surface area contributed by atoms with Crippen LogP contribution in [0.1, 0.15) is 6.92 Å². The van der Waals surface area contributed by atoms with Crippen LogP contribution in [0.5, 0.6) is 0 Å². The van der Waals surface area contributed by atoms with Crippen molar-refractivity contribution in [1.29, 1.82) is 0 Å². The van der Waals surface area contributed by atoms with Crippen LogP contribution < -0.4 is 0 Å². The van der Waals surface area contributed by atoms with Gasteiger partial charge in [-0.15, -0.1) is 0 Å². The molecule has 0 heterocycles. The van der Waals surface area contributed by atoms with Gasteiger partial charge in [0.25, 0.3) is 0 Å². The molecule has 0 amide bonds. The maximum absolute atomic E-state index is 7.65. The zero-order valence-corrected chi connectivity index (χ0v) is 8.67. The third-order valence-corrected chi connectivity index (χ3v) is 1.00. The summed E-state index contributed by atoms with van der Waals surface area (Å²) in [5.74, 6) is 0. The normalized spacial score (nSPS) is 8.00. The van der Waals surface area contributed by atoms with E-state index in [-0.39, 0.29) is 4.38 Å². The van der Waals surface area contributed by atoms with Gasteiger partial charge in [-0.05, 0) is 12.2 Å². The quantitative estimate of drug-likeness (QED) is 0.316. The van der Waals surface area contributed by atoms with E-state index in [1.54, 1.807) is 0 Å². The average Bonchev–Trinajstić information content (AvgIpc) is 1.65. The van der Waals surface area contributed by atoms with Crippen LogP contribution in [0.25, 0.3) is 0 Å². The molecule has 0 aromatic heterocycles. The van der Waals surface area contributed by atoms with Crippen molar-refractivity contribution < 1.29 is 5.11 Å². The van der Waals surface area contributed by atoms with Crippen LogP contribution >= 0.6 is 24.8 Å². The minimum Gasteiger partial charge on any atom is -0.494 e. The summed E-state index contributed by atoms with van der Waals surface area (Å²) in [6.07, 6.45) is 2.06. The topological polar surface area (TPSA) is 20.2 Å². The van der Waals surface area contributed by atoms with Gasteiger partial charge in [0.1, 0.15) is 0 Å². The van der Waals surface area contributed by atoms with Gasteiger partial charge in [-0.1, -0.05) is 12.6 Å². The van der Waals surface area contributed by atoms with Gasteiger partial charge < -0.3 is 5.11 Å². The second-order valence-electron chi connectivity index (χ2n) is 0.949. The van der Waals surface area contributed by atoms with Gasteiger partial charge in [-0.25, -0.2) is 0 Å². The number of aliphatic hydroxyl groups is 1. The molecule has 1 nitrogen and oxygen atoms in total. The summed E-state index contributed by atoms with van der Waals surface area (Å²) in [5.41, 5.74) is 0. The molecule has 0 fully saturated rings. The van der Waals surface area contributed by atoms with E-state index < -0.39 is 0 Å². The summed E-state index contributed by atoms with van der Waals surface area (Å²) < 4.78 is 1.83. The molecule has 1 N–H and O–H groups in total. The van der Waals surface area contributed by atoms with E-state index in [1.807, 2.05) is 6.92 Å². The monoisotopic (exact) mass is 158 g/mol. The predicted octanol–water partition coefficient (Wildman–Crippen LogP) is 1.45. The van der Waals surface area contributed by atoms with Crippen molar-refractivity contribution in [1.82, 2.24) is 0 Å². The van der Waals surface area contributed by atoms with Crippen molar-refractivity contribution in [2.24, 2.45) is 0 Å². The number of thiocarbonyl (C=S) groups is 1. The van der Waals surface area contributed by atoms with E-state index in [2.05, 4.69) is 34.2 Å². The zero-order valence-electron chi connectivity index (χ0n) is 4.96. The first-order valence-corrected chi connectivity index (χ1v) is 4.15. The molecule has 8 heavy (non-hydrogen) atoms. The number of thiol groups is 1. The SMILES string of the molecule is CC=[CH][Na].OC(=S)S. The molecule has 0 radical (unpaired) electrons. The van der Waals surface area contributed by atoms with Gasteiger partial charge in [0.15, 0.2) is 0 Å². The molecule has 0 atom stereocenters. The molecule has 0 aliphatic heterocycles. The van der Waals surface area contributed by atoms with Gasteiger partial charge in [0.05, 0.1) is 0 Å². The molecule has 0 saturated carbocycles. The first-order chi connectivity index (χ1) is 3.65. The van der Waals surface area contributed by atoms with E-state index in [1.165, 1.54) is 27.9 Å². The second-order valence-corrected chi connectivity index (χ2v) is 2.73. The number of hydrogen-bond acceptors (Lipinski definition) is 1. The number of allylic oxidation sites excluding steroid dienone is 1. The number of aliphatic hydroxyl groups excluding tert-OH is 1.